The van der Waals surface area contributed by atoms with Crippen molar-refractivity contribution in [2.75, 3.05) is 26.2 Å². The van der Waals surface area contributed by atoms with E-state index >= 15 is 0 Å². The quantitative estimate of drug-likeness (QED) is 0.749. The van der Waals surface area contributed by atoms with Crippen LogP contribution in [0.4, 0.5) is 0 Å². The lowest BCUT2D eigenvalue weighted by Crippen LogP contribution is -2.29. The van der Waals surface area contributed by atoms with Crippen molar-refractivity contribution in [3.8, 4) is 0 Å². The van der Waals surface area contributed by atoms with E-state index in [-0.39, 0.29) is 0 Å². The normalized spacial score (nSPS) is 13.1. The second-order valence-electron chi connectivity index (χ2n) is 5.51. The first kappa shape index (κ1) is 16.1. The van der Waals surface area contributed by atoms with E-state index in [4.69, 9.17) is 4.42 Å². The third-order valence-corrected chi connectivity index (χ3v) is 4.06. The first-order valence-corrected chi connectivity index (χ1v) is 8.22. The molecule has 1 heterocycles. The molecule has 116 valence electrons. The zero-order valence-electron chi connectivity index (χ0n) is 13.6. The molecule has 2 rings (SSSR count). The summed E-state index contributed by atoms with van der Waals surface area (Å²) in [6.07, 6.45) is 2.23. The van der Waals surface area contributed by atoms with Gasteiger partial charge in [0.15, 0.2) is 0 Å². The molecular weight excluding hydrogens is 260 g/mol. The van der Waals surface area contributed by atoms with Gasteiger partial charge in [-0.3, -0.25) is 0 Å². The summed E-state index contributed by atoms with van der Waals surface area (Å²) in [5.41, 5.74) is 0.985. The van der Waals surface area contributed by atoms with Crippen LogP contribution >= 0.6 is 0 Å². The highest BCUT2D eigenvalue weighted by Crippen LogP contribution is 2.25. The lowest BCUT2D eigenvalue weighted by Gasteiger charge is -2.22. The van der Waals surface area contributed by atoms with E-state index in [2.05, 4.69) is 49.2 Å². The standard InChI is InChI=1S/C18H28N2O/c1-4-12-19-16(11-13-20(5-2)6-3)18-14-15-9-7-8-10-17(15)21-18/h7-10,14,16,19H,4-6,11-13H2,1-3H3. The van der Waals surface area contributed by atoms with Crippen LogP contribution in [0.15, 0.2) is 34.7 Å². The van der Waals surface area contributed by atoms with Gasteiger partial charge in [-0.15, -0.1) is 0 Å². The molecule has 0 aliphatic heterocycles. The second kappa shape index (κ2) is 8.20. The van der Waals surface area contributed by atoms with Gasteiger partial charge in [-0.25, -0.2) is 0 Å². The van der Waals surface area contributed by atoms with Crippen molar-refractivity contribution in [3.63, 3.8) is 0 Å². The highest BCUT2D eigenvalue weighted by atomic mass is 16.3. The van der Waals surface area contributed by atoms with Gasteiger partial charge in [-0.2, -0.15) is 0 Å². The Bertz CT molecular complexity index is 498. The van der Waals surface area contributed by atoms with Crippen LogP contribution in [-0.2, 0) is 0 Å². The lowest BCUT2D eigenvalue weighted by molar-refractivity contribution is 0.273. The number of nitrogens with zero attached hydrogens (tertiary/aromatic N) is 1. The van der Waals surface area contributed by atoms with Gasteiger partial charge >= 0.3 is 0 Å². The van der Waals surface area contributed by atoms with Crippen LogP contribution in [0.3, 0.4) is 0 Å². The maximum absolute atomic E-state index is 6.05. The molecule has 0 aliphatic carbocycles. The fourth-order valence-electron chi connectivity index (χ4n) is 2.69. The van der Waals surface area contributed by atoms with Crippen LogP contribution in [0.25, 0.3) is 11.0 Å². The smallest absolute Gasteiger partial charge is 0.134 e. The summed E-state index contributed by atoms with van der Waals surface area (Å²) in [6, 6.07) is 10.7. The van der Waals surface area contributed by atoms with Crippen molar-refractivity contribution in [2.24, 2.45) is 0 Å². The summed E-state index contributed by atoms with van der Waals surface area (Å²) in [6.45, 7) is 11.0. The van der Waals surface area contributed by atoms with E-state index in [1.807, 2.05) is 12.1 Å². The fraction of sp³-hybridized carbons (Fsp3) is 0.556. The molecular formula is C18H28N2O. The predicted octanol–water partition coefficient (Wildman–Crippen LogP) is 4.21. The Kier molecular flexibility index (Phi) is 6.27. The van der Waals surface area contributed by atoms with Crippen LogP contribution in [0.5, 0.6) is 0 Å². The zero-order chi connectivity index (χ0) is 15.1. The summed E-state index contributed by atoms with van der Waals surface area (Å²) in [7, 11) is 0. The number of hydrogen-bond donors (Lipinski definition) is 1. The summed E-state index contributed by atoms with van der Waals surface area (Å²) in [5, 5.41) is 4.82. The summed E-state index contributed by atoms with van der Waals surface area (Å²) in [5.74, 6) is 1.07. The average molecular weight is 288 g/mol. The molecule has 1 atom stereocenters. The molecule has 1 N–H and O–H groups in total. The monoisotopic (exact) mass is 288 g/mol. The molecule has 2 aromatic rings. The lowest BCUT2D eigenvalue weighted by atomic mass is 10.1. The molecule has 1 aromatic heterocycles. The van der Waals surface area contributed by atoms with Gasteiger partial charge in [-0.1, -0.05) is 39.0 Å². The van der Waals surface area contributed by atoms with Crippen molar-refractivity contribution >= 4 is 11.0 Å². The van der Waals surface area contributed by atoms with Crippen molar-refractivity contribution in [1.29, 1.82) is 0 Å². The molecule has 1 unspecified atom stereocenters. The molecule has 0 amide bonds. The molecule has 0 bridgehead atoms. The van der Waals surface area contributed by atoms with E-state index in [1.54, 1.807) is 0 Å². The molecule has 3 nitrogen and oxygen atoms in total. The van der Waals surface area contributed by atoms with E-state index in [1.165, 1.54) is 5.39 Å². The topological polar surface area (TPSA) is 28.4 Å². The van der Waals surface area contributed by atoms with Crippen LogP contribution in [0.2, 0.25) is 0 Å². The Labute approximate surface area is 128 Å². The fourth-order valence-corrected chi connectivity index (χ4v) is 2.69. The second-order valence-corrected chi connectivity index (χ2v) is 5.51. The van der Waals surface area contributed by atoms with Crippen molar-refractivity contribution in [2.45, 2.75) is 39.7 Å². The van der Waals surface area contributed by atoms with Gasteiger partial charge in [0.05, 0.1) is 6.04 Å². The Balaban J connectivity index is 2.10. The highest BCUT2D eigenvalue weighted by molar-refractivity contribution is 5.77. The number of nitrogens with one attached hydrogen (secondary N) is 1. The van der Waals surface area contributed by atoms with E-state index in [0.717, 1.165) is 50.4 Å². The summed E-state index contributed by atoms with van der Waals surface area (Å²) < 4.78 is 6.05. The Morgan fingerprint density at radius 3 is 2.57 bits per heavy atom. The number of fused-ring (bicyclic) bond motifs is 1. The van der Waals surface area contributed by atoms with Crippen LogP contribution in [0.1, 0.15) is 45.4 Å². The molecule has 0 radical (unpaired) electrons. The Morgan fingerprint density at radius 2 is 1.90 bits per heavy atom. The predicted molar refractivity (Wildman–Crippen MR) is 89.7 cm³/mol. The van der Waals surface area contributed by atoms with Gasteiger partial charge < -0.3 is 14.6 Å². The molecule has 3 heteroatoms. The SMILES string of the molecule is CCCNC(CCN(CC)CC)c1cc2ccccc2o1. The van der Waals surface area contributed by atoms with Crippen LogP contribution < -0.4 is 5.32 Å². The number of hydrogen-bond acceptors (Lipinski definition) is 3. The zero-order valence-corrected chi connectivity index (χ0v) is 13.6. The van der Waals surface area contributed by atoms with E-state index in [0.29, 0.717) is 6.04 Å². The van der Waals surface area contributed by atoms with Gasteiger partial charge in [0, 0.05) is 11.9 Å². The van der Waals surface area contributed by atoms with Gasteiger partial charge in [0.25, 0.3) is 0 Å². The summed E-state index contributed by atoms with van der Waals surface area (Å²) in [4.78, 5) is 2.46. The van der Waals surface area contributed by atoms with Gasteiger partial charge in [-0.05, 0) is 44.6 Å². The molecule has 0 fully saturated rings. The molecule has 0 aliphatic rings. The Hall–Kier alpha value is -1.32. The van der Waals surface area contributed by atoms with Crippen molar-refractivity contribution in [1.82, 2.24) is 10.2 Å². The molecule has 0 saturated heterocycles. The Morgan fingerprint density at radius 1 is 1.14 bits per heavy atom. The highest BCUT2D eigenvalue weighted by Gasteiger charge is 2.16. The number of furan rings is 1. The number of para-hydroxylation sites is 1. The first-order chi connectivity index (χ1) is 10.3. The molecule has 1 aromatic carbocycles. The molecule has 21 heavy (non-hydrogen) atoms. The third-order valence-electron chi connectivity index (χ3n) is 4.06. The first-order valence-electron chi connectivity index (χ1n) is 8.22. The summed E-state index contributed by atoms with van der Waals surface area (Å²) >= 11 is 0. The maximum Gasteiger partial charge on any atom is 0.134 e. The minimum atomic E-state index is 0.304. The van der Waals surface area contributed by atoms with Crippen LogP contribution in [-0.4, -0.2) is 31.1 Å². The van der Waals surface area contributed by atoms with Crippen molar-refractivity contribution in [3.05, 3.63) is 36.1 Å². The molecule has 0 spiro atoms. The number of rotatable bonds is 9. The van der Waals surface area contributed by atoms with Crippen LogP contribution in [0, 0.1) is 0 Å². The average Bonchev–Trinajstić information content (AvgIpc) is 2.94. The van der Waals surface area contributed by atoms with Crippen molar-refractivity contribution < 1.29 is 4.42 Å². The molecule has 0 saturated carbocycles. The van der Waals surface area contributed by atoms with Gasteiger partial charge in [0.2, 0.25) is 0 Å². The van der Waals surface area contributed by atoms with E-state index < -0.39 is 0 Å². The number of benzene rings is 1. The van der Waals surface area contributed by atoms with E-state index in [9.17, 15) is 0 Å². The minimum Gasteiger partial charge on any atom is -0.459 e. The maximum atomic E-state index is 6.05. The largest absolute Gasteiger partial charge is 0.459 e. The minimum absolute atomic E-state index is 0.304. The van der Waals surface area contributed by atoms with Gasteiger partial charge in [0.1, 0.15) is 11.3 Å². The third kappa shape index (κ3) is 4.32.